The SMILES string of the molecule is C1COCCO1.CC(C)(C)OC(=O)N1CCC(C2(c3ccc4cnc(Nc5ccc(-n6ccc(CO)n6)cc5F)cc4n3)CC2)CC1. The number of fused-ring (bicyclic) bond motifs is 1. The van der Waals surface area contributed by atoms with Gasteiger partial charge in [-0.2, -0.15) is 5.10 Å². The summed E-state index contributed by atoms with van der Waals surface area (Å²) in [7, 11) is 0. The maximum Gasteiger partial charge on any atom is 0.410 e. The summed E-state index contributed by atoms with van der Waals surface area (Å²) in [4.78, 5) is 23.9. The predicted molar refractivity (Wildman–Crippen MR) is 175 cm³/mol. The van der Waals surface area contributed by atoms with Gasteiger partial charge in [-0.3, -0.25) is 4.98 Å². The van der Waals surface area contributed by atoms with Gasteiger partial charge in [0.05, 0.1) is 55.6 Å². The van der Waals surface area contributed by atoms with Gasteiger partial charge < -0.3 is 29.5 Å². The number of nitrogens with zero attached hydrogens (tertiary/aromatic N) is 5. The number of halogens is 1. The van der Waals surface area contributed by atoms with Crippen LogP contribution in [-0.4, -0.2) is 81.0 Å². The zero-order valence-corrected chi connectivity index (χ0v) is 27.2. The highest BCUT2D eigenvalue weighted by Crippen LogP contribution is 2.56. The van der Waals surface area contributed by atoms with Gasteiger partial charge in [-0.05, 0) is 82.7 Å². The first kappa shape index (κ1) is 32.8. The standard InChI is InChI=1S/C31H35FN6O3.C4H8O2/c1-30(2,3)41-29(40)37-13-8-21(9-14-37)31(11-12-31)27-7-4-20-18-33-28(17-26(20)34-27)35-25-6-5-23(16-24(25)32)38-15-10-22(19-39)36-38;1-2-6-4-3-5-1/h4-7,10,15-18,21,39H,8-9,11-14,19H2,1-3H3,(H,33,35);1-4H2. The molecule has 3 aromatic heterocycles. The molecule has 7 rings (SSSR count). The Hall–Kier alpha value is -4.13. The number of hydrogen-bond acceptors (Lipinski definition) is 9. The second kappa shape index (κ2) is 13.9. The van der Waals surface area contributed by atoms with E-state index in [2.05, 4.69) is 27.5 Å². The Morgan fingerprint density at radius 3 is 2.38 bits per heavy atom. The number of benzene rings is 1. The molecule has 3 aliphatic rings. The van der Waals surface area contributed by atoms with Crippen LogP contribution in [0.3, 0.4) is 0 Å². The number of piperidine rings is 1. The largest absolute Gasteiger partial charge is 0.444 e. The molecule has 2 N–H and O–H groups in total. The number of anilines is 2. The molecule has 12 heteroatoms. The first-order valence-corrected chi connectivity index (χ1v) is 16.3. The third-order valence-electron chi connectivity index (χ3n) is 8.83. The molecule has 0 spiro atoms. The lowest BCUT2D eigenvalue weighted by Crippen LogP contribution is -2.43. The van der Waals surface area contributed by atoms with Crippen molar-refractivity contribution in [3.63, 3.8) is 0 Å². The Kier molecular flexibility index (Phi) is 9.72. The van der Waals surface area contributed by atoms with E-state index < -0.39 is 11.4 Å². The Morgan fingerprint density at radius 2 is 1.79 bits per heavy atom. The fourth-order valence-electron chi connectivity index (χ4n) is 6.23. The van der Waals surface area contributed by atoms with Gasteiger partial charge >= 0.3 is 6.09 Å². The lowest BCUT2D eigenvalue weighted by Gasteiger charge is -2.37. The van der Waals surface area contributed by atoms with Crippen molar-refractivity contribution in [3.05, 3.63) is 72.1 Å². The van der Waals surface area contributed by atoms with Crippen LogP contribution < -0.4 is 5.32 Å². The van der Waals surface area contributed by atoms with Crippen LogP contribution >= 0.6 is 0 Å². The second-order valence-electron chi connectivity index (χ2n) is 13.3. The van der Waals surface area contributed by atoms with Crippen LogP contribution in [-0.2, 0) is 26.2 Å². The predicted octanol–water partition coefficient (Wildman–Crippen LogP) is 5.90. The van der Waals surface area contributed by atoms with Crippen LogP contribution in [0.15, 0.2) is 54.9 Å². The van der Waals surface area contributed by atoms with E-state index >= 15 is 0 Å². The van der Waals surface area contributed by atoms with Crippen molar-refractivity contribution in [2.24, 2.45) is 5.92 Å². The molecule has 250 valence electrons. The molecular formula is C35H43FN6O5. The van der Waals surface area contributed by atoms with Gasteiger partial charge in [0.15, 0.2) is 0 Å². The van der Waals surface area contributed by atoms with Gasteiger partial charge in [0.1, 0.15) is 17.2 Å². The van der Waals surface area contributed by atoms with E-state index in [-0.39, 0.29) is 18.1 Å². The van der Waals surface area contributed by atoms with Crippen molar-refractivity contribution >= 4 is 28.5 Å². The highest BCUT2D eigenvalue weighted by molar-refractivity contribution is 5.81. The number of carbonyl (C=O) groups excluding carboxylic acids is 1. The summed E-state index contributed by atoms with van der Waals surface area (Å²) in [5.74, 6) is 0.522. The molecule has 2 saturated heterocycles. The zero-order valence-electron chi connectivity index (χ0n) is 27.2. The molecule has 1 saturated carbocycles. The average Bonchev–Trinajstić information content (AvgIpc) is 3.75. The van der Waals surface area contributed by atoms with Gasteiger partial charge in [-0.25, -0.2) is 18.9 Å². The van der Waals surface area contributed by atoms with Crippen LogP contribution in [0.25, 0.3) is 16.6 Å². The molecular weight excluding hydrogens is 603 g/mol. The second-order valence-corrected chi connectivity index (χ2v) is 13.3. The molecule has 3 fully saturated rings. The van der Waals surface area contributed by atoms with E-state index in [0.29, 0.717) is 41.9 Å². The molecule has 5 heterocycles. The third-order valence-corrected chi connectivity index (χ3v) is 8.83. The van der Waals surface area contributed by atoms with Crippen molar-refractivity contribution in [3.8, 4) is 5.69 Å². The Labute approximate surface area is 274 Å². The van der Waals surface area contributed by atoms with Crippen LogP contribution in [0.2, 0.25) is 0 Å². The molecule has 0 radical (unpaired) electrons. The Morgan fingerprint density at radius 1 is 1.06 bits per heavy atom. The number of aromatic nitrogens is 4. The monoisotopic (exact) mass is 646 g/mol. The van der Waals surface area contributed by atoms with E-state index in [0.717, 1.165) is 68.7 Å². The molecule has 0 atom stereocenters. The maximum atomic E-state index is 15.0. The van der Waals surface area contributed by atoms with Gasteiger partial charge in [-0.15, -0.1) is 0 Å². The van der Waals surface area contributed by atoms with Crippen LogP contribution in [0.5, 0.6) is 0 Å². The van der Waals surface area contributed by atoms with Crippen LogP contribution in [0.1, 0.15) is 57.8 Å². The van der Waals surface area contributed by atoms with Gasteiger partial charge in [0.2, 0.25) is 0 Å². The van der Waals surface area contributed by atoms with E-state index in [1.165, 1.54) is 10.7 Å². The van der Waals surface area contributed by atoms with E-state index in [1.54, 1.807) is 30.6 Å². The summed E-state index contributed by atoms with van der Waals surface area (Å²) in [5, 5.41) is 17.5. The number of carbonyl (C=O) groups is 1. The van der Waals surface area contributed by atoms with Gasteiger partial charge in [0.25, 0.3) is 0 Å². The molecule has 0 bridgehead atoms. The normalized spacial score (nSPS) is 17.9. The number of hydrogen-bond donors (Lipinski definition) is 2. The lowest BCUT2D eigenvalue weighted by molar-refractivity contribution is -0.0334. The minimum absolute atomic E-state index is 0.0371. The molecule has 1 amide bonds. The average molecular weight is 647 g/mol. The summed E-state index contributed by atoms with van der Waals surface area (Å²) in [6.07, 6.45) is 7.23. The topological polar surface area (TPSA) is 124 Å². The van der Waals surface area contributed by atoms with Crippen LogP contribution in [0.4, 0.5) is 20.7 Å². The fourth-order valence-corrected chi connectivity index (χ4v) is 6.23. The molecule has 47 heavy (non-hydrogen) atoms. The number of rotatable bonds is 6. The Bertz CT molecular complexity index is 1680. The number of nitrogens with one attached hydrogen (secondary N) is 1. The van der Waals surface area contributed by atoms with Gasteiger partial charge in [-0.1, -0.05) is 0 Å². The molecule has 11 nitrogen and oxygen atoms in total. The van der Waals surface area contributed by atoms with E-state index in [9.17, 15) is 14.3 Å². The van der Waals surface area contributed by atoms with Crippen molar-refractivity contribution in [2.45, 2.75) is 64.1 Å². The molecule has 0 unspecified atom stereocenters. The van der Waals surface area contributed by atoms with Crippen molar-refractivity contribution in [2.75, 3.05) is 44.8 Å². The van der Waals surface area contributed by atoms with Crippen LogP contribution in [0, 0.1) is 11.7 Å². The van der Waals surface area contributed by atoms with Crippen molar-refractivity contribution < 1.29 is 28.5 Å². The van der Waals surface area contributed by atoms with Crippen molar-refractivity contribution in [1.82, 2.24) is 24.6 Å². The van der Waals surface area contributed by atoms with Crippen molar-refractivity contribution in [1.29, 1.82) is 0 Å². The molecule has 1 aromatic carbocycles. The summed E-state index contributed by atoms with van der Waals surface area (Å²) in [5.41, 5.74) is 2.79. The lowest BCUT2D eigenvalue weighted by atomic mass is 9.79. The number of ether oxygens (including phenoxy) is 3. The number of likely N-dealkylation sites (tertiary alicyclic amines) is 1. The molecule has 4 aromatic rings. The maximum absolute atomic E-state index is 15.0. The quantitative estimate of drug-likeness (QED) is 0.263. The number of amides is 1. The molecule has 2 aliphatic heterocycles. The molecule has 1 aliphatic carbocycles. The summed E-state index contributed by atoms with van der Waals surface area (Å²) in [6.45, 7) is 10.0. The first-order chi connectivity index (χ1) is 22.6. The summed E-state index contributed by atoms with van der Waals surface area (Å²) in [6, 6.07) is 12.5. The fraction of sp³-hybridized carbons (Fsp3) is 0.486. The Balaban J connectivity index is 0.000000580. The number of aliphatic hydroxyl groups excluding tert-OH is 1. The number of aliphatic hydroxyl groups is 1. The summed E-state index contributed by atoms with van der Waals surface area (Å²) >= 11 is 0. The smallest absolute Gasteiger partial charge is 0.410 e. The highest BCUT2D eigenvalue weighted by Gasteiger charge is 2.52. The minimum Gasteiger partial charge on any atom is -0.444 e. The van der Waals surface area contributed by atoms with E-state index in [4.69, 9.17) is 19.2 Å². The highest BCUT2D eigenvalue weighted by atomic mass is 19.1. The minimum atomic E-state index is -0.496. The first-order valence-electron chi connectivity index (χ1n) is 16.3. The zero-order chi connectivity index (χ0) is 33.0. The van der Waals surface area contributed by atoms with Gasteiger partial charge in [0, 0.05) is 54.1 Å². The number of pyridine rings is 2. The third kappa shape index (κ3) is 7.89. The summed E-state index contributed by atoms with van der Waals surface area (Å²) < 4.78 is 32.0. The van der Waals surface area contributed by atoms with E-state index in [1.807, 2.05) is 31.7 Å².